The minimum absolute atomic E-state index is 0.0129. The molecule has 24 N–H and O–H groups in total. The number of nitrogens with one attached hydrogen (secondary N) is 14. The second kappa shape index (κ2) is 50.4. The van der Waals surface area contributed by atoms with E-state index in [0.717, 1.165) is 36.3 Å². The van der Waals surface area contributed by atoms with E-state index in [1.165, 1.54) is 52.3 Å². The Morgan fingerprint density at radius 1 is 0.564 bits per heavy atom. The Balaban J connectivity index is 1.19. The van der Waals surface area contributed by atoms with E-state index in [-0.39, 0.29) is 88.8 Å². The van der Waals surface area contributed by atoms with Gasteiger partial charge in [-0.05, 0) is 98.7 Å². The smallest absolute Gasteiger partial charge is 0.246 e. The first kappa shape index (κ1) is 105. The Morgan fingerprint density at radius 2 is 1.09 bits per heavy atom. The van der Waals surface area contributed by atoms with E-state index in [0.29, 0.717) is 64.2 Å². The zero-order chi connectivity index (χ0) is 97.6. The van der Waals surface area contributed by atoms with E-state index in [1.54, 1.807) is 74.8 Å². The molecule has 2 unspecified atom stereocenters. The number of carbonyl (C=O) groups is 17. The van der Waals surface area contributed by atoms with Gasteiger partial charge in [-0.2, -0.15) is 5.26 Å². The molecule has 15 atom stereocenters. The van der Waals surface area contributed by atoms with Gasteiger partial charge in [0.25, 0.3) is 0 Å². The van der Waals surface area contributed by atoms with Crippen molar-refractivity contribution in [3.63, 3.8) is 0 Å². The number of nitriles is 1. The van der Waals surface area contributed by atoms with Crippen LogP contribution in [0.25, 0.3) is 21.8 Å². The Kier molecular flexibility index (Phi) is 39.8. The number of aromatic nitrogens is 2. The number of hydrogen-bond donors (Lipinski definition) is 20. The number of guanidine groups is 1. The van der Waals surface area contributed by atoms with Crippen molar-refractivity contribution in [3.05, 3.63) is 107 Å². The highest BCUT2D eigenvalue weighted by atomic mass is 32.2. The Labute approximate surface area is 774 Å². The van der Waals surface area contributed by atoms with Crippen LogP contribution in [0.15, 0.2) is 85.2 Å². The minimum atomic E-state index is -1.89. The summed E-state index contributed by atoms with van der Waals surface area (Å²) in [5.41, 5.74) is 25.8. The van der Waals surface area contributed by atoms with Gasteiger partial charge in [0.2, 0.25) is 100 Å². The van der Waals surface area contributed by atoms with Crippen LogP contribution in [0.4, 0.5) is 0 Å². The highest BCUT2D eigenvalue weighted by molar-refractivity contribution is 8.00. The SMILES string of the molecule is CCCC[C@H]1C(=O)N(C)[C@@H](CCCC)C(=O)N[C@@H](CCCNC(=N)N)C(=O)N[C@H](C(=O)NCC(N)=O)CSCC(=O)N[C@@H](Cc2ccc(C#N)cc2)C(=O)N(C)[C@@H](C)C(=O)NC(CC(N)=O)C(=O)N2CCC[C@H]2C(=O)N[C@@H](CN)C(=O)N[C@@H](CC(C)C)C(=O)N2C[C@H](O)CC2C(=O)N[C@@H](Cc2c[nH]c3ccccc23)C(=O)N[C@@H](CO)C(=O)N[C@@H](Cc2c[nH]c3ccccc23)C(=O)N1C. The number of hydrogen-bond acceptors (Lipinski definition) is 23. The van der Waals surface area contributed by atoms with E-state index >= 15 is 33.6 Å². The molecule has 0 spiro atoms. The predicted molar refractivity (Wildman–Crippen MR) is 490 cm³/mol. The normalized spacial score (nSPS) is 24.9. The van der Waals surface area contributed by atoms with Crippen LogP contribution in [0.3, 0.4) is 0 Å². The van der Waals surface area contributed by atoms with Crippen molar-refractivity contribution in [2.24, 2.45) is 28.9 Å². The molecular formula is C89H126N24O19S. The van der Waals surface area contributed by atoms with Crippen LogP contribution in [0.5, 0.6) is 0 Å². The maximum absolute atomic E-state index is 15.7. The van der Waals surface area contributed by atoms with Gasteiger partial charge in [-0.3, -0.25) is 86.9 Å². The number of H-pyrrole nitrogens is 2. The van der Waals surface area contributed by atoms with Crippen molar-refractivity contribution in [1.29, 1.82) is 10.7 Å². The molecule has 43 nitrogen and oxygen atoms in total. The second-order valence-corrected chi connectivity index (χ2v) is 35.1. The summed E-state index contributed by atoms with van der Waals surface area (Å²) in [4.78, 5) is 260. The number of para-hydroxylation sites is 2. The lowest BCUT2D eigenvalue weighted by molar-refractivity contribution is -0.149. The average Bonchev–Trinajstić information content (AvgIpc) is 1.78. The van der Waals surface area contributed by atoms with Gasteiger partial charge < -0.3 is 126 Å². The van der Waals surface area contributed by atoms with Crippen LogP contribution in [0.1, 0.15) is 140 Å². The fourth-order valence-corrected chi connectivity index (χ4v) is 17.1. The number of nitrogens with two attached hydrogens (primary N) is 4. The lowest BCUT2D eigenvalue weighted by Gasteiger charge is -2.36. The van der Waals surface area contributed by atoms with Crippen LogP contribution in [0.2, 0.25) is 0 Å². The first-order chi connectivity index (χ1) is 63.3. The molecule has 3 fully saturated rings. The van der Waals surface area contributed by atoms with Crippen molar-refractivity contribution in [2.75, 3.05) is 72.0 Å². The predicted octanol–water partition coefficient (Wildman–Crippen LogP) is -3.77. The van der Waals surface area contributed by atoms with Crippen molar-refractivity contribution in [1.82, 2.24) is 93.0 Å². The molecule has 8 rings (SSSR count). The van der Waals surface area contributed by atoms with Gasteiger partial charge in [0.1, 0.15) is 84.6 Å². The fourth-order valence-electron chi connectivity index (χ4n) is 16.3. The first-order valence-corrected chi connectivity index (χ1v) is 45.7. The molecular weight excluding hydrogens is 1740 g/mol. The molecule has 722 valence electrons. The molecule has 3 aliphatic heterocycles. The van der Waals surface area contributed by atoms with Crippen LogP contribution >= 0.6 is 11.8 Å². The third kappa shape index (κ3) is 29.4. The number of aromatic amines is 2. The standard InChI is InChI=1S/C89H126N24O19S/c1-9-11-24-68-81(125)101-59(23-17-31-96-89(94)95)77(121)108-67(76(120)99-43-73(93)117)46-133-47-74(118)100-62(34-50-27-29-51(39-90)30-28-50)84(128)109(6)49(5)75(119)103-64(38-72(92)116)86(130)112-32-18-26-69(112)82(126)106-65(40-91)79(123)104-61(33-48(3)4)87(131)113-44-54(115)37-71(113)83(127)102-60(35-52-41-97-57-21-15-13-19-55(52)57)78(122)107-66(45-114)80(124)105-63(36-53-42-98-58-22-16-14-20-56(53)58)85(129)111(8)70(25-12-10-2)88(132)110(68)7/h13-16,19-22,27-30,41-42,48-49,54,59-71,97-98,114-115H,9-12,17-18,23-26,31-38,40,43-47,91H2,1-8H3,(H2,92,116)(H2,93,117)(H,99,120)(H,100,118)(H,101,125)(H,102,127)(H,103,119)(H,104,123)(H,105,124)(H,106,126)(H,107,122)(H,108,121)(H4,94,95,96)/t49-,54+,59-,60-,61-,62-,63-,64?,65-,66-,67-,68-,69-,70-,71?/m0/s1. The van der Waals surface area contributed by atoms with Gasteiger partial charge in [0, 0.05) is 113 Å². The molecule has 5 aromatic rings. The Bertz CT molecular complexity index is 5060. The third-order valence-electron chi connectivity index (χ3n) is 23.7. The number of likely N-dealkylation sites (N-methyl/N-ethyl adjacent to an activating group) is 3. The topological polar surface area (TPSA) is 662 Å². The van der Waals surface area contributed by atoms with Crippen LogP contribution in [-0.4, -0.2) is 314 Å². The summed E-state index contributed by atoms with van der Waals surface area (Å²) in [6.07, 6.45) is 1.25. The maximum Gasteiger partial charge on any atom is 0.246 e. The molecule has 0 bridgehead atoms. The number of nitrogens with zero attached hydrogens (tertiary/aromatic N) is 6. The summed E-state index contributed by atoms with van der Waals surface area (Å²) in [5, 5.41) is 70.0. The summed E-state index contributed by atoms with van der Waals surface area (Å²) in [6, 6.07) is 0.0601. The molecule has 0 saturated carbocycles. The number of fused-ring (bicyclic) bond motifs is 4. The van der Waals surface area contributed by atoms with Crippen molar-refractivity contribution < 1.29 is 91.7 Å². The van der Waals surface area contributed by atoms with E-state index in [4.69, 9.17) is 28.3 Å². The highest BCUT2D eigenvalue weighted by Crippen LogP contribution is 2.28. The van der Waals surface area contributed by atoms with E-state index in [9.17, 15) is 63.4 Å². The number of primary amides is 2. The Hall–Kier alpha value is -13.3. The second-order valence-electron chi connectivity index (χ2n) is 34.1. The quantitative estimate of drug-likeness (QED) is 0.0152. The summed E-state index contributed by atoms with van der Waals surface area (Å²) in [5.74, 6) is -18.0. The average molecular weight is 1870 g/mol. The summed E-state index contributed by atoms with van der Waals surface area (Å²) < 4.78 is 0. The van der Waals surface area contributed by atoms with Crippen LogP contribution in [-0.2, 0) is 101 Å². The number of aliphatic hydroxyl groups excluding tert-OH is 2. The largest absolute Gasteiger partial charge is 0.394 e. The van der Waals surface area contributed by atoms with Crippen molar-refractivity contribution in [2.45, 2.75) is 228 Å². The molecule has 133 heavy (non-hydrogen) atoms. The molecule has 44 heteroatoms. The number of carbonyl (C=O) groups excluding carboxylic acids is 17. The van der Waals surface area contributed by atoms with E-state index in [2.05, 4.69) is 68.5 Å². The molecule has 2 aromatic heterocycles. The van der Waals surface area contributed by atoms with Crippen LogP contribution in [0, 0.1) is 22.7 Å². The van der Waals surface area contributed by atoms with Crippen LogP contribution < -0.4 is 81.4 Å². The monoisotopic (exact) mass is 1870 g/mol. The number of unbranched alkanes of at least 4 members (excludes halogenated alkanes) is 2. The lowest BCUT2D eigenvalue weighted by Crippen LogP contribution is -2.62. The molecule has 3 saturated heterocycles. The van der Waals surface area contributed by atoms with Gasteiger partial charge in [-0.15, -0.1) is 11.8 Å². The molecule has 0 aliphatic carbocycles. The fraction of sp³-hybridized carbons (Fsp3) is 0.539. The van der Waals surface area contributed by atoms with Gasteiger partial charge in [-0.25, -0.2) is 0 Å². The van der Waals surface area contributed by atoms with Crippen molar-refractivity contribution in [3.8, 4) is 6.07 Å². The van der Waals surface area contributed by atoms with E-state index in [1.807, 2.05) is 19.9 Å². The van der Waals surface area contributed by atoms with Gasteiger partial charge >= 0.3 is 0 Å². The molecule has 3 aliphatic rings. The third-order valence-corrected chi connectivity index (χ3v) is 24.8. The number of aliphatic hydroxyl groups is 2. The first-order valence-electron chi connectivity index (χ1n) is 44.5. The summed E-state index contributed by atoms with van der Waals surface area (Å²) in [7, 11) is 3.89. The van der Waals surface area contributed by atoms with Gasteiger partial charge in [0.05, 0.1) is 43.1 Å². The number of amides is 17. The number of thioether (sulfide) groups is 1. The number of benzene rings is 3. The van der Waals surface area contributed by atoms with Gasteiger partial charge in [0.15, 0.2) is 5.96 Å². The molecule has 17 amide bonds. The zero-order valence-electron chi connectivity index (χ0n) is 76.0. The molecule has 0 radical (unpaired) electrons. The lowest BCUT2D eigenvalue weighted by atomic mass is 10.00. The molecule has 5 heterocycles. The zero-order valence-corrected chi connectivity index (χ0v) is 76.8. The number of rotatable bonds is 25. The minimum Gasteiger partial charge on any atom is -0.394 e. The van der Waals surface area contributed by atoms with Gasteiger partial charge in [-0.1, -0.05) is 102 Å². The summed E-state index contributed by atoms with van der Waals surface area (Å²) >= 11 is 0.759. The van der Waals surface area contributed by atoms with E-state index < -0.39 is 248 Å². The highest BCUT2D eigenvalue weighted by Gasteiger charge is 2.47. The molecule has 3 aromatic carbocycles. The van der Waals surface area contributed by atoms with Crippen molar-refractivity contribution >= 4 is 140 Å². The summed E-state index contributed by atoms with van der Waals surface area (Å²) in [6.45, 7) is 5.37. The maximum atomic E-state index is 15.7. The Morgan fingerprint density at radius 3 is 1.68 bits per heavy atom.